The molecule has 2 N–H and O–H groups in total. The first-order valence-electron chi connectivity index (χ1n) is 9.29. The van der Waals surface area contributed by atoms with Gasteiger partial charge in [-0.15, -0.1) is 0 Å². The first-order chi connectivity index (χ1) is 14.3. The molecule has 0 atom stereocenters. The largest absolute Gasteiger partial charge is 0.354 e. The van der Waals surface area contributed by atoms with Crippen molar-refractivity contribution in [2.45, 2.75) is 19.6 Å². The summed E-state index contributed by atoms with van der Waals surface area (Å²) in [6, 6.07) is 32.1. The van der Waals surface area contributed by atoms with E-state index in [1.807, 2.05) is 60.3 Å². The molecule has 3 nitrogen and oxygen atoms in total. The Labute approximate surface area is 176 Å². The lowest BCUT2D eigenvalue weighted by Crippen LogP contribution is -2.07. The number of nitrogens with one attached hydrogen (secondary N) is 2. The van der Waals surface area contributed by atoms with Gasteiger partial charge in [0.2, 0.25) is 0 Å². The molecule has 0 aromatic heterocycles. The van der Waals surface area contributed by atoms with Crippen LogP contribution >= 0.6 is 11.8 Å². The van der Waals surface area contributed by atoms with Crippen LogP contribution in [0.1, 0.15) is 0 Å². The van der Waals surface area contributed by atoms with E-state index in [4.69, 9.17) is 0 Å². The second-order valence-electron chi connectivity index (χ2n) is 6.61. The van der Waals surface area contributed by atoms with Crippen molar-refractivity contribution in [2.24, 2.45) is 0 Å². The minimum atomic E-state index is -1.05. The van der Waals surface area contributed by atoms with Crippen LogP contribution in [0.3, 0.4) is 0 Å². The van der Waals surface area contributed by atoms with E-state index in [2.05, 4.69) is 59.2 Å². The number of para-hydroxylation sites is 4. The SMILES string of the molecule is O=S1c2ccccc2Nc2ccccc21.c1ccc2c(c1)Nc1ccccc1S2. The molecule has 0 fully saturated rings. The van der Waals surface area contributed by atoms with Gasteiger partial charge in [0, 0.05) is 9.79 Å². The van der Waals surface area contributed by atoms with Gasteiger partial charge in [-0.25, -0.2) is 4.21 Å². The Morgan fingerprint density at radius 3 is 1.41 bits per heavy atom. The van der Waals surface area contributed by atoms with Crippen molar-refractivity contribution in [1.29, 1.82) is 0 Å². The van der Waals surface area contributed by atoms with E-state index in [9.17, 15) is 4.21 Å². The van der Waals surface area contributed by atoms with Crippen LogP contribution in [0.2, 0.25) is 0 Å². The smallest absolute Gasteiger partial charge is 0.0892 e. The molecular formula is C24H18N2OS2. The third kappa shape index (κ3) is 3.55. The maximum absolute atomic E-state index is 12.2. The first-order valence-corrected chi connectivity index (χ1v) is 11.3. The Balaban J connectivity index is 0.000000125. The summed E-state index contributed by atoms with van der Waals surface area (Å²) in [4.78, 5) is 4.31. The Morgan fingerprint density at radius 1 is 0.517 bits per heavy atom. The van der Waals surface area contributed by atoms with Crippen molar-refractivity contribution >= 4 is 45.3 Å². The lowest BCUT2D eigenvalue weighted by molar-refractivity contribution is 0.683. The topological polar surface area (TPSA) is 41.1 Å². The Kier molecular flexibility index (Phi) is 4.84. The summed E-state index contributed by atoms with van der Waals surface area (Å²) in [7, 11) is -1.05. The number of anilines is 4. The summed E-state index contributed by atoms with van der Waals surface area (Å²) < 4.78 is 12.2. The molecule has 0 amide bonds. The molecule has 0 unspecified atom stereocenters. The van der Waals surface area contributed by atoms with E-state index in [-0.39, 0.29) is 0 Å². The zero-order valence-electron chi connectivity index (χ0n) is 15.5. The molecule has 4 aromatic rings. The molecule has 0 aliphatic carbocycles. The fraction of sp³-hybridized carbons (Fsp3) is 0. The van der Waals surface area contributed by atoms with Gasteiger partial charge in [0.1, 0.15) is 0 Å². The summed E-state index contributed by atoms with van der Waals surface area (Å²) in [6.45, 7) is 0. The lowest BCUT2D eigenvalue weighted by atomic mass is 10.2. The summed E-state index contributed by atoms with van der Waals surface area (Å²) in [5, 5.41) is 6.70. The fourth-order valence-corrected chi connectivity index (χ4v) is 5.58. The van der Waals surface area contributed by atoms with Crippen molar-refractivity contribution in [3.63, 3.8) is 0 Å². The maximum Gasteiger partial charge on any atom is 0.0892 e. The summed E-state index contributed by atoms with van der Waals surface area (Å²) in [6.07, 6.45) is 0. The highest BCUT2D eigenvalue weighted by atomic mass is 32.2. The highest BCUT2D eigenvalue weighted by molar-refractivity contribution is 7.99. The molecule has 0 bridgehead atoms. The van der Waals surface area contributed by atoms with Gasteiger partial charge in [0.15, 0.2) is 0 Å². The molecule has 0 saturated heterocycles. The number of fused-ring (bicyclic) bond motifs is 4. The van der Waals surface area contributed by atoms with E-state index < -0.39 is 10.8 Å². The Morgan fingerprint density at radius 2 is 0.897 bits per heavy atom. The molecule has 142 valence electrons. The number of rotatable bonds is 0. The van der Waals surface area contributed by atoms with Crippen LogP contribution in [0.4, 0.5) is 22.7 Å². The third-order valence-corrected chi connectivity index (χ3v) is 7.37. The molecule has 2 aliphatic rings. The third-order valence-electron chi connectivity index (χ3n) is 4.71. The molecule has 0 spiro atoms. The van der Waals surface area contributed by atoms with Crippen molar-refractivity contribution in [2.75, 3.05) is 10.6 Å². The first kappa shape index (κ1) is 18.0. The maximum atomic E-state index is 12.2. The average molecular weight is 415 g/mol. The van der Waals surface area contributed by atoms with Gasteiger partial charge < -0.3 is 10.6 Å². The van der Waals surface area contributed by atoms with Crippen LogP contribution in [0.25, 0.3) is 0 Å². The van der Waals surface area contributed by atoms with E-state index >= 15 is 0 Å². The van der Waals surface area contributed by atoms with Crippen molar-refractivity contribution in [1.82, 2.24) is 0 Å². The van der Waals surface area contributed by atoms with E-state index in [1.165, 1.54) is 21.2 Å². The number of hydrogen-bond acceptors (Lipinski definition) is 4. The van der Waals surface area contributed by atoms with Crippen LogP contribution in [0.15, 0.2) is 117 Å². The van der Waals surface area contributed by atoms with Gasteiger partial charge in [-0.1, -0.05) is 60.3 Å². The molecular weight excluding hydrogens is 396 g/mol. The summed E-state index contributed by atoms with van der Waals surface area (Å²) in [5.74, 6) is 0. The normalized spacial score (nSPS) is 13.2. The Bertz CT molecular complexity index is 1090. The summed E-state index contributed by atoms with van der Waals surface area (Å²) in [5.41, 5.74) is 4.29. The zero-order valence-corrected chi connectivity index (χ0v) is 17.1. The molecule has 5 heteroatoms. The van der Waals surface area contributed by atoms with E-state index in [0.717, 1.165) is 21.2 Å². The zero-order chi connectivity index (χ0) is 19.6. The summed E-state index contributed by atoms with van der Waals surface area (Å²) >= 11 is 1.82. The molecule has 0 saturated carbocycles. The van der Waals surface area contributed by atoms with Gasteiger partial charge in [-0.05, 0) is 48.5 Å². The predicted molar refractivity (Wildman–Crippen MR) is 121 cm³/mol. The highest BCUT2D eigenvalue weighted by Gasteiger charge is 2.20. The van der Waals surface area contributed by atoms with Crippen LogP contribution in [0, 0.1) is 0 Å². The quantitative estimate of drug-likeness (QED) is 0.287. The molecule has 2 heterocycles. The van der Waals surface area contributed by atoms with Crippen molar-refractivity contribution in [3.8, 4) is 0 Å². The van der Waals surface area contributed by atoms with Gasteiger partial charge in [-0.3, -0.25) is 0 Å². The second kappa shape index (κ2) is 7.78. The molecule has 2 aliphatic heterocycles. The predicted octanol–water partition coefficient (Wildman–Crippen LogP) is 6.81. The van der Waals surface area contributed by atoms with Gasteiger partial charge >= 0.3 is 0 Å². The van der Waals surface area contributed by atoms with Crippen LogP contribution in [-0.4, -0.2) is 4.21 Å². The molecule has 4 aromatic carbocycles. The van der Waals surface area contributed by atoms with Gasteiger partial charge in [0.25, 0.3) is 0 Å². The monoisotopic (exact) mass is 414 g/mol. The second-order valence-corrected chi connectivity index (χ2v) is 9.11. The standard InChI is InChI=1S/C12H9NOS.C12H9NS/c14-15-11-7-3-1-5-9(11)13-10-6-2-4-8-12(10)15;1-3-7-11-9(5-1)13-10-6-2-4-8-12(10)14-11/h1-8,13H;1-8,13H. The van der Waals surface area contributed by atoms with Crippen molar-refractivity contribution in [3.05, 3.63) is 97.1 Å². The lowest BCUT2D eigenvalue weighted by Gasteiger charge is -2.19. The van der Waals surface area contributed by atoms with Crippen LogP contribution in [0.5, 0.6) is 0 Å². The van der Waals surface area contributed by atoms with E-state index in [0.29, 0.717) is 0 Å². The Hall–Kier alpha value is -3.02. The molecule has 6 rings (SSSR count). The number of hydrogen-bond donors (Lipinski definition) is 2. The fourth-order valence-electron chi connectivity index (χ4n) is 3.31. The van der Waals surface area contributed by atoms with Gasteiger partial charge in [0.05, 0.1) is 43.3 Å². The highest BCUT2D eigenvalue weighted by Crippen LogP contribution is 2.43. The van der Waals surface area contributed by atoms with Crippen LogP contribution < -0.4 is 10.6 Å². The molecule has 29 heavy (non-hydrogen) atoms. The van der Waals surface area contributed by atoms with Crippen molar-refractivity contribution < 1.29 is 4.21 Å². The number of benzene rings is 4. The minimum absolute atomic E-state index is 0.858. The minimum Gasteiger partial charge on any atom is -0.354 e. The average Bonchev–Trinajstić information content (AvgIpc) is 2.78. The van der Waals surface area contributed by atoms with E-state index in [1.54, 1.807) is 0 Å². The molecule has 0 radical (unpaired) electrons. The van der Waals surface area contributed by atoms with Crippen LogP contribution in [-0.2, 0) is 10.8 Å². The van der Waals surface area contributed by atoms with Gasteiger partial charge in [-0.2, -0.15) is 0 Å².